The summed E-state index contributed by atoms with van der Waals surface area (Å²) in [7, 11) is -3.54. The highest BCUT2D eigenvalue weighted by Crippen LogP contribution is 2.31. The zero-order chi connectivity index (χ0) is 18.3. The van der Waals surface area contributed by atoms with Gasteiger partial charge in [-0.3, -0.25) is 0 Å². The average molecular weight is 431 g/mol. The molecule has 27 heavy (non-hydrogen) atoms. The van der Waals surface area contributed by atoms with Gasteiger partial charge in [0.05, 0.1) is 11.5 Å². The van der Waals surface area contributed by atoms with Gasteiger partial charge in [0.15, 0.2) is 0 Å². The van der Waals surface area contributed by atoms with Crippen molar-refractivity contribution >= 4 is 49.8 Å². The van der Waals surface area contributed by atoms with Crippen molar-refractivity contribution in [2.45, 2.75) is 43.2 Å². The van der Waals surface area contributed by atoms with Crippen LogP contribution in [0.1, 0.15) is 35.9 Å². The number of hydrogen-bond donors (Lipinski definition) is 1. The van der Waals surface area contributed by atoms with E-state index in [9.17, 15) is 13.2 Å². The van der Waals surface area contributed by atoms with Crippen molar-refractivity contribution in [2.75, 3.05) is 19.7 Å². The van der Waals surface area contributed by atoms with Gasteiger partial charge in [0.2, 0.25) is 10.0 Å². The molecule has 2 aliphatic rings. The van der Waals surface area contributed by atoms with Crippen molar-refractivity contribution in [3.05, 3.63) is 29.1 Å². The van der Waals surface area contributed by atoms with E-state index in [4.69, 9.17) is 4.74 Å². The molecule has 0 amide bonds. The van der Waals surface area contributed by atoms with E-state index in [2.05, 4.69) is 5.32 Å². The van der Waals surface area contributed by atoms with E-state index in [1.807, 2.05) is 0 Å². The largest absolute Gasteiger partial charge is 0.462 e. The Morgan fingerprint density at radius 3 is 2.81 bits per heavy atom. The molecule has 0 radical (unpaired) electrons. The lowest BCUT2D eigenvalue weighted by atomic mass is 10.1. The van der Waals surface area contributed by atoms with E-state index < -0.39 is 10.0 Å². The minimum Gasteiger partial charge on any atom is -0.462 e. The van der Waals surface area contributed by atoms with Gasteiger partial charge in [-0.1, -0.05) is 0 Å². The van der Waals surface area contributed by atoms with E-state index in [1.165, 1.54) is 11.3 Å². The molecule has 2 aromatic rings. The lowest BCUT2D eigenvalue weighted by molar-refractivity contribution is 0.0532. The van der Waals surface area contributed by atoms with Crippen molar-refractivity contribution in [2.24, 2.45) is 0 Å². The molecule has 148 valence electrons. The predicted molar refractivity (Wildman–Crippen MR) is 108 cm³/mol. The molecule has 1 N–H and O–H groups in total. The molecule has 0 aliphatic carbocycles. The summed E-state index contributed by atoms with van der Waals surface area (Å²) in [6, 6.07) is 7.48. The van der Waals surface area contributed by atoms with Crippen molar-refractivity contribution in [1.82, 2.24) is 9.62 Å². The number of carbonyl (C=O) groups is 1. The molecule has 2 bridgehead atoms. The SMILES string of the molecule is CCOC(=O)c1cc2cc(S(=O)(=O)N3CCC4CCC(C3)N4)ccc2s1.Cl. The Bertz CT molecular complexity index is 944. The summed E-state index contributed by atoms with van der Waals surface area (Å²) in [5.74, 6) is -0.368. The van der Waals surface area contributed by atoms with Gasteiger partial charge in [0.25, 0.3) is 0 Å². The minimum atomic E-state index is -3.54. The number of rotatable bonds is 4. The fraction of sp³-hybridized carbons (Fsp3) is 0.500. The molecule has 2 unspecified atom stereocenters. The van der Waals surface area contributed by atoms with Crippen LogP contribution >= 0.6 is 23.7 Å². The molecule has 6 nitrogen and oxygen atoms in total. The number of hydrogen-bond acceptors (Lipinski definition) is 6. The highest BCUT2D eigenvalue weighted by molar-refractivity contribution is 7.89. The van der Waals surface area contributed by atoms with Gasteiger partial charge < -0.3 is 10.1 Å². The van der Waals surface area contributed by atoms with Crippen LogP contribution < -0.4 is 5.32 Å². The van der Waals surface area contributed by atoms with Crippen LogP contribution in [0.25, 0.3) is 10.1 Å². The molecular weight excluding hydrogens is 408 g/mol. The van der Waals surface area contributed by atoms with Crippen LogP contribution in [0.2, 0.25) is 0 Å². The standard InChI is InChI=1S/C18H22N2O4S2.ClH/c1-2-24-18(21)17-10-12-9-15(5-6-16(12)25-17)26(22,23)20-8-7-13-3-4-14(11-20)19-13;/h5-6,9-10,13-14,19H,2-4,7-8,11H2,1H3;1H. The van der Waals surface area contributed by atoms with Crippen LogP contribution in [-0.4, -0.2) is 50.5 Å². The van der Waals surface area contributed by atoms with Crippen molar-refractivity contribution in [3.8, 4) is 0 Å². The second-order valence-electron chi connectivity index (χ2n) is 6.82. The topological polar surface area (TPSA) is 75.7 Å². The zero-order valence-corrected chi connectivity index (χ0v) is 17.5. The van der Waals surface area contributed by atoms with Crippen LogP contribution in [0, 0.1) is 0 Å². The molecule has 2 aliphatic heterocycles. The number of halogens is 1. The van der Waals surface area contributed by atoms with E-state index in [0.717, 1.165) is 29.3 Å². The van der Waals surface area contributed by atoms with E-state index in [-0.39, 0.29) is 29.3 Å². The lowest BCUT2D eigenvalue weighted by Crippen LogP contribution is -2.39. The Labute approximate surface area is 169 Å². The molecule has 2 atom stereocenters. The molecule has 2 fully saturated rings. The summed E-state index contributed by atoms with van der Waals surface area (Å²) in [6.45, 7) is 3.15. The van der Waals surface area contributed by atoms with E-state index >= 15 is 0 Å². The van der Waals surface area contributed by atoms with Crippen molar-refractivity contribution in [3.63, 3.8) is 0 Å². The number of fused-ring (bicyclic) bond motifs is 3. The number of benzene rings is 1. The normalized spacial score (nSPS) is 23.0. The molecule has 0 saturated carbocycles. The van der Waals surface area contributed by atoms with Gasteiger partial charge in [-0.2, -0.15) is 4.31 Å². The molecule has 4 rings (SSSR count). The summed E-state index contributed by atoms with van der Waals surface area (Å²) < 4.78 is 33.7. The third kappa shape index (κ3) is 4.00. The summed E-state index contributed by atoms with van der Waals surface area (Å²) in [4.78, 5) is 12.7. The molecule has 9 heteroatoms. The van der Waals surface area contributed by atoms with Gasteiger partial charge in [0.1, 0.15) is 4.88 Å². The molecule has 3 heterocycles. The van der Waals surface area contributed by atoms with Gasteiger partial charge in [-0.05, 0) is 55.8 Å². The summed E-state index contributed by atoms with van der Waals surface area (Å²) in [6.07, 6.45) is 3.02. The average Bonchev–Trinajstić information content (AvgIpc) is 3.17. The molecule has 1 aromatic carbocycles. The van der Waals surface area contributed by atoms with Gasteiger partial charge in [0, 0.05) is 29.9 Å². The maximum absolute atomic E-state index is 13.1. The fourth-order valence-electron chi connectivity index (χ4n) is 3.76. The number of nitrogens with zero attached hydrogens (tertiary/aromatic N) is 1. The Morgan fingerprint density at radius 1 is 1.26 bits per heavy atom. The first kappa shape index (κ1) is 20.5. The second-order valence-corrected chi connectivity index (χ2v) is 9.84. The van der Waals surface area contributed by atoms with Crippen molar-refractivity contribution < 1.29 is 17.9 Å². The predicted octanol–water partition coefficient (Wildman–Crippen LogP) is 3.01. The van der Waals surface area contributed by atoms with Crippen LogP contribution in [0.3, 0.4) is 0 Å². The number of thiophene rings is 1. The number of sulfonamides is 1. The van der Waals surface area contributed by atoms with E-state index in [0.29, 0.717) is 30.6 Å². The first-order valence-corrected chi connectivity index (χ1v) is 11.2. The fourth-order valence-corrected chi connectivity index (χ4v) is 6.24. The number of carbonyl (C=O) groups excluding carboxylic acids is 1. The Hall–Kier alpha value is -1.19. The minimum absolute atomic E-state index is 0. The van der Waals surface area contributed by atoms with Gasteiger partial charge in [-0.15, -0.1) is 23.7 Å². The molecular formula is C18H23ClN2O4S2. The maximum Gasteiger partial charge on any atom is 0.348 e. The molecule has 0 spiro atoms. The van der Waals surface area contributed by atoms with Crippen LogP contribution in [0.4, 0.5) is 0 Å². The van der Waals surface area contributed by atoms with Crippen LogP contribution in [0.15, 0.2) is 29.2 Å². The van der Waals surface area contributed by atoms with Gasteiger partial charge >= 0.3 is 5.97 Å². The third-order valence-electron chi connectivity index (χ3n) is 5.09. The van der Waals surface area contributed by atoms with E-state index in [1.54, 1.807) is 35.5 Å². The summed E-state index contributed by atoms with van der Waals surface area (Å²) in [5.41, 5.74) is 0. The maximum atomic E-state index is 13.1. The quantitative estimate of drug-likeness (QED) is 0.754. The number of nitrogens with one attached hydrogen (secondary N) is 1. The Kier molecular flexibility index (Phi) is 6.12. The highest BCUT2D eigenvalue weighted by atomic mass is 35.5. The van der Waals surface area contributed by atoms with Crippen LogP contribution in [-0.2, 0) is 14.8 Å². The molecule has 1 aromatic heterocycles. The monoisotopic (exact) mass is 430 g/mol. The molecule has 2 saturated heterocycles. The van der Waals surface area contributed by atoms with Crippen LogP contribution in [0.5, 0.6) is 0 Å². The smallest absolute Gasteiger partial charge is 0.348 e. The highest BCUT2D eigenvalue weighted by Gasteiger charge is 2.35. The summed E-state index contributed by atoms with van der Waals surface area (Å²) in [5, 5.41) is 4.27. The second kappa shape index (κ2) is 8.05. The first-order chi connectivity index (χ1) is 12.5. The van der Waals surface area contributed by atoms with Gasteiger partial charge in [-0.25, -0.2) is 13.2 Å². The zero-order valence-electron chi connectivity index (χ0n) is 15.0. The first-order valence-electron chi connectivity index (χ1n) is 8.94. The van der Waals surface area contributed by atoms with Crippen molar-refractivity contribution in [1.29, 1.82) is 0 Å². The Balaban J connectivity index is 0.00000210. The Morgan fingerprint density at radius 2 is 2.04 bits per heavy atom. The summed E-state index contributed by atoms with van der Waals surface area (Å²) >= 11 is 1.32. The lowest BCUT2D eigenvalue weighted by Gasteiger charge is -2.23. The number of esters is 1. The number of ether oxygens (including phenoxy) is 1. The third-order valence-corrected chi connectivity index (χ3v) is 8.05.